The summed E-state index contributed by atoms with van der Waals surface area (Å²) in [6.45, 7) is 1.73. The van der Waals surface area contributed by atoms with Gasteiger partial charge in [0.05, 0.1) is 18.0 Å². The Balaban J connectivity index is 2.19. The van der Waals surface area contributed by atoms with Crippen molar-refractivity contribution in [2.75, 3.05) is 30.8 Å². The molecule has 0 amide bonds. The number of nitrogens with zero attached hydrogens (tertiary/aromatic N) is 3. The first-order chi connectivity index (χ1) is 7.70. The van der Waals surface area contributed by atoms with Gasteiger partial charge in [0.15, 0.2) is 5.82 Å². The molecular weight excluding hydrogens is 228 g/mol. The third kappa shape index (κ3) is 2.36. The topological polar surface area (TPSA) is 64.3 Å². The molecule has 2 rings (SSSR count). The minimum absolute atomic E-state index is 0.226. The van der Waals surface area contributed by atoms with Crippen LogP contribution in [0.1, 0.15) is 12.8 Å². The maximum absolute atomic E-state index is 5.84. The number of ether oxygens (including phenoxy) is 1. The minimum Gasteiger partial charge on any atom is -0.394 e. The Hall–Kier alpha value is -1.07. The number of nitrogens with two attached hydrogens (primary N) is 1. The van der Waals surface area contributed by atoms with E-state index in [0.717, 1.165) is 25.9 Å². The van der Waals surface area contributed by atoms with E-state index in [-0.39, 0.29) is 11.4 Å². The van der Waals surface area contributed by atoms with Crippen LogP contribution in [0.15, 0.2) is 6.20 Å². The molecule has 1 aliphatic rings. The summed E-state index contributed by atoms with van der Waals surface area (Å²) in [6.07, 6.45) is 3.92. The molecule has 0 radical (unpaired) electrons. The molecule has 16 heavy (non-hydrogen) atoms. The zero-order valence-electron chi connectivity index (χ0n) is 9.19. The molecule has 2 heterocycles. The number of hydrogen-bond acceptors (Lipinski definition) is 5. The molecule has 1 aromatic rings. The molecule has 0 saturated carbocycles. The highest BCUT2D eigenvalue weighted by molar-refractivity contribution is 6.28. The molecule has 1 aromatic heterocycles. The van der Waals surface area contributed by atoms with Crippen molar-refractivity contribution in [3.8, 4) is 0 Å². The van der Waals surface area contributed by atoms with E-state index >= 15 is 0 Å². The Bertz CT molecular complexity index is 374. The Kier molecular flexibility index (Phi) is 3.46. The van der Waals surface area contributed by atoms with E-state index in [1.807, 2.05) is 0 Å². The van der Waals surface area contributed by atoms with Gasteiger partial charge in [-0.3, -0.25) is 0 Å². The molecule has 1 fully saturated rings. The maximum atomic E-state index is 5.84. The Morgan fingerprint density at radius 3 is 3.19 bits per heavy atom. The summed E-state index contributed by atoms with van der Waals surface area (Å²) < 4.78 is 5.35. The van der Waals surface area contributed by atoms with Gasteiger partial charge in [-0.1, -0.05) is 0 Å². The molecule has 0 aliphatic carbocycles. The van der Waals surface area contributed by atoms with E-state index in [9.17, 15) is 0 Å². The van der Waals surface area contributed by atoms with Crippen LogP contribution in [-0.4, -0.2) is 36.3 Å². The first kappa shape index (κ1) is 11.4. The van der Waals surface area contributed by atoms with Gasteiger partial charge >= 0.3 is 0 Å². The summed E-state index contributed by atoms with van der Waals surface area (Å²) >= 11 is 5.77. The predicted molar refractivity (Wildman–Crippen MR) is 63.7 cm³/mol. The van der Waals surface area contributed by atoms with Crippen LogP contribution in [0, 0.1) is 0 Å². The Labute approximate surface area is 99.6 Å². The highest BCUT2D eigenvalue weighted by atomic mass is 35.5. The average Bonchev–Trinajstić information content (AvgIpc) is 2.32. The molecule has 6 heteroatoms. The molecular formula is C10H15ClN4O. The zero-order chi connectivity index (χ0) is 11.5. The number of hydrogen-bond donors (Lipinski definition) is 1. The SMILES string of the molecule is COC1CCCN(c2nc(Cl)ncc2N)C1. The van der Waals surface area contributed by atoms with E-state index in [1.54, 1.807) is 13.3 Å². The molecule has 2 N–H and O–H groups in total. The van der Waals surface area contributed by atoms with Gasteiger partial charge in [-0.25, -0.2) is 4.98 Å². The van der Waals surface area contributed by atoms with Gasteiger partial charge in [-0.05, 0) is 24.4 Å². The lowest BCUT2D eigenvalue weighted by Gasteiger charge is -2.33. The van der Waals surface area contributed by atoms with E-state index in [0.29, 0.717) is 11.5 Å². The summed E-state index contributed by atoms with van der Waals surface area (Å²) in [4.78, 5) is 10.1. The number of piperidine rings is 1. The number of anilines is 2. The molecule has 0 bridgehead atoms. The van der Waals surface area contributed by atoms with Crippen LogP contribution >= 0.6 is 11.6 Å². The second-order valence-corrected chi connectivity index (χ2v) is 4.20. The third-order valence-electron chi connectivity index (χ3n) is 2.78. The van der Waals surface area contributed by atoms with Gasteiger partial charge in [0.2, 0.25) is 5.28 Å². The van der Waals surface area contributed by atoms with Crippen molar-refractivity contribution in [1.82, 2.24) is 9.97 Å². The van der Waals surface area contributed by atoms with Gasteiger partial charge in [0.25, 0.3) is 0 Å². The van der Waals surface area contributed by atoms with Crippen LogP contribution in [0.25, 0.3) is 0 Å². The average molecular weight is 243 g/mol. The van der Waals surface area contributed by atoms with Crippen molar-refractivity contribution in [1.29, 1.82) is 0 Å². The van der Waals surface area contributed by atoms with Crippen molar-refractivity contribution in [3.63, 3.8) is 0 Å². The van der Waals surface area contributed by atoms with Crippen molar-refractivity contribution < 1.29 is 4.74 Å². The van der Waals surface area contributed by atoms with Crippen molar-refractivity contribution >= 4 is 23.1 Å². The van der Waals surface area contributed by atoms with Gasteiger partial charge in [0.1, 0.15) is 0 Å². The van der Waals surface area contributed by atoms with E-state index in [1.165, 1.54) is 0 Å². The van der Waals surface area contributed by atoms with Crippen molar-refractivity contribution in [3.05, 3.63) is 11.5 Å². The molecule has 5 nitrogen and oxygen atoms in total. The fourth-order valence-corrected chi connectivity index (χ4v) is 2.07. The Morgan fingerprint density at radius 1 is 1.62 bits per heavy atom. The molecule has 0 aromatic carbocycles. The van der Waals surface area contributed by atoms with Crippen LogP contribution in [0.4, 0.5) is 11.5 Å². The fraction of sp³-hybridized carbons (Fsp3) is 0.600. The molecule has 88 valence electrons. The molecule has 1 atom stereocenters. The lowest BCUT2D eigenvalue weighted by Crippen LogP contribution is -2.40. The summed E-state index contributed by atoms with van der Waals surface area (Å²) in [5, 5.41) is 0.226. The number of rotatable bonds is 2. The Morgan fingerprint density at radius 2 is 2.44 bits per heavy atom. The second-order valence-electron chi connectivity index (χ2n) is 3.86. The van der Waals surface area contributed by atoms with Gasteiger partial charge in [-0.2, -0.15) is 4.98 Å². The normalized spacial score (nSPS) is 21.1. The van der Waals surface area contributed by atoms with Crippen LogP contribution in [0.3, 0.4) is 0 Å². The first-order valence-corrected chi connectivity index (χ1v) is 5.64. The van der Waals surface area contributed by atoms with E-state index in [2.05, 4.69) is 14.9 Å². The molecule has 1 aliphatic heterocycles. The summed E-state index contributed by atoms with van der Waals surface area (Å²) in [7, 11) is 1.73. The quantitative estimate of drug-likeness (QED) is 0.793. The van der Waals surface area contributed by atoms with Crippen LogP contribution in [0.5, 0.6) is 0 Å². The standard InChI is InChI=1S/C10H15ClN4O/c1-16-7-3-2-4-15(6-7)9-8(12)5-13-10(11)14-9/h5,7H,2-4,6,12H2,1H3. The summed E-state index contributed by atoms with van der Waals surface area (Å²) in [6, 6.07) is 0. The van der Waals surface area contributed by atoms with Crippen LogP contribution in [0.2, 0.25) is 5.28 Å². The lowest BCUT2D eigenvalue weighted by atomic mass is 10.1. The maximum Gasteiger partial charge on any atom is 0.224 e. The number of halogens is 1. The smallest absolute Gasteiger partial charge is 0.224 e. The molecule has 1 unspecified atom stereocenters. The molecule has 0 spiro atoms. The zero-order valence-corrected chi connectivity index (χ0v) is 9.94. The second kappa shape index (κ2) is 4.84. The summed E-state index contributed by atoms with van der Waals surface area (Å²) in [5.41, 5.74) is 6.40. The fourth-order valence-electron chi connectivity index (χ4n) is 1.94. The van der Waals surface area contributed by atoms with Gasteiger partial charge in [-0.15, -0.1) is 0 Å². The van der Waals surface area contributed by atoms with Crippen molar-refractivity contribution in [2.24, 2.45) is 0 Å². The monoisotopic (exact) mass is 242 g/mol. The van der Waals surface area contributed by atoms with Gasteiger partial charge < -0.3 is 15.4 Å². The first-order valence-electron chi connectivity index (χ1n) is 5.26. The number of nitrogen functional groups attached to an aromatic ring is 1. The number of aromatic nitrogens is 2. The minimum atomic E-state index is 0.226. The van der Waals surface area contributed by atoms with E-state index in [4.69, 9.17) is 22.1 Å². The van der Waals surface area contributed by atoms with E-state index < -0.39 is 0 Å². The molecule has 1 saturated heterocycles. The van der Waals surface area contributed by atoms with Crippen molar-refractivity contribution in [2.45, 2.75) is 18.9 Å². The van der Waals surface area contributed by atoms with Crippen LogP contribution < -0.4 is 10.6 Å². The highest BCUT2D eigenvalue weighted by Crippen LogP contribution is 2.25. The van der Waals surface area contributed by atoms with Gasteiger partial charge in [0, 0.05) is 20.2 Å². The largest absolute Gasteiger partial charge is 0.394 e. The summed E-state index contributed by atoms with van der Waals surface area (Å²) in [5.74, 6) is 0.710. The lowest BCUT2D eigenvalue weighted by molar-refractivity contribution is 0.0892. The third-order valence-corrected chi connectivity index (χ3v) is 2.96. The van der Waals surface area contributed by atoms with Crippen LogP contribution in [-0.2, 0) is 4.74 Å². The predicted octanol–water partition coefficient (Wildman–Crippen LogP) is 1.33. The highest BCUT2D eigenvalue weighted by Gasteiger charge is 2.22. The number of methoxy groups -OCH3 is 1.